The van der Waals surface area contributed by atoms with E-state index in [1.165, 1.54) is 18.5 Å². The molecule has 0 amide bonds. The Hall–Kier alpha value is -3.54. The first-order chi connectivity index (χ1) is 12.7. The number of nitrogens with two attached hydrogens (primary N) is 1. The molecule has 0 radical (unpaired) electrons. The molecule has 0 aliphatic heterocycles. The van der Waals surface area contributed by atoms with Crippen molar-refractivity contribution in [3.8, 4) is 28.1 Å². The van der Waals surface area contributed by atoms with Crippen molar-refractivity contribution in [2.45, 2.75) is 0 Å². The summed E-state index contributed by atoms with van der Waals surface area (Å²) in [6.07, 6.45) is 1.39. The molecule has 0 spiro atoms. The van der Waals surface area contributed by atoms with Gasteiger partial charge in [-0.05, 0) is 53.6 Å². The zero-order valence-electron chi connectivity index (χ0n) is 14.0. The molecular weight excluding hydrogens is 331 g/mol. The molecule has 128 valence electrons. The normalized spacial score (nSPS) is 10.8. The van der Waals surface area contributed by atoms with Gasteiger partial charge in [0.25, 0.3) is 0 Å². The number of pyridine rings is 1. The number of aromatic nitrogens is 3. The highest BCUT2D eigenvalue weighted by molar-refractivity contribution is 6.00. The van der Waals surface area contributed by atoms with Crippen LogP contribution < -0.4 is 10.5 Å². The van der Waals surface area contributed by atoms with Crippen molar-refractivity contribution in [2.24, 2.45) is 0 Å². The average molecular weight is 346 g/mol. The summed E-state index contributed by atoms with van der Waals surface area (Å²) in [7, 11) is 1.62. The third-order valence-electron chi connectivity index (χ3n) is 4.17. The Labute approximate surface area is 149 Å². The molecule has 5 nitrogen and oxygen atoms in total. The topological polar surface area (TPSA) is 73.9 Å². The maximum Gasteiger partial charge on any atom is 0.165 e. The van der Waals surface area contributed by atoms with Gasteiger partial charge in [-0.2, -0.15) is 0 Å². The molecule has 0 fully saturated rings. The number of ether oxygens (including phenoxy) is 1. The van der Waals surface area contributed by atoms with E-state index in [4.69, 9.17) is 10.5 Å². The molecule has 2 N–H and O–H groups in total. The lowest BCUT2D eigenvalue weighted by atomic mass is 9.99. The van der Waals surface area contributed by atoms with E-state index in [0.717, 1.165) is 22.4 Å². The number of nitrogen functional groups attached to an aromatic ring is 1. The van der Waals surface area contributed by atoms with E-state index in [1.807, 2.05) is 30.3 Å². The highest BCUT2D eigenvalue weighted by Gasteiger charge is 2.13. The van der Waals surface area contributed by atoms with Gasteiger partial charge in [0.1, 0.15) is 23.7 Å². The monoisotopic (exact) mass is 346 g/mol. The summed E-state index contributed by atoms with van der Waals surface area (Å²) in [5.74, 6) is 0.825. The van der Waals surface area contributed by atoms with E-state index in [1.54, 1.807) is 19.2 Å². The number of anilines is 1. The van der Waals surface area contributed by atoms with Crippen LogP contribution in [0.3, 0.4) is 0 Å². The van der Waals surface area contributed by atoms with Gasteiger partial charge in [-0.1, -0.05) is 12.1 Å². The molecule has 26 heavy (non-hydrogen) atoms. The Morgan fingerprint density at radius 2 is 1.62 bits per heavy atom. The number of rotatable bonds is 3. The van der Waals surface area contributed by atoms with Gasteiger partial charge in [-0.25, -0.2) is 19.3 Å². The fourth-order valence-corrected chi connectivity index (χ4v) is 2.85. The largest absolute Gasteiger partial charge is 0.497 e. The Balaban J connectivity index is 1.97. The van der Waals surface area contributed by atoms with Gasteiger partial charge in [0.15, 0.2) is 5.65 Å². The molecule has 4 aromatic rings. The number of hydrogen-bond donors (Lipinski definition) is 1. The lowest BCUT2D eigenvalue weighted by molar-refractivity contribution is 0.415. The van der Waals surface area contributed by atoms with Crippen molar-refractivity contribution >= 4 is 16.9 Å². The number of nitrogens with zero attached hydrogens (tertiary/aromatic N) is 3. The summed E-state index contributed by atoms with van der Waals surface area (Å²) in [5, 5.41) is 0.684. The van der Waals surface area contributed by atoms with Crippen LogP contribution in [-0.4, -0.2) is 22.1 Å². The fraction of sp³-hybridized carbons (Fsp3) is 0.0500. The number of hydrogen-bond acceptors (Lipinski definition) is 5. The molecule has 2 aromatic carbocycles. The summed E-state index contributed by atoms with van der Waals surface area (Å²) >= 11 is 0. The average Bonchev–Trinajstić information content (AvgIpc) is 2.68. The van der Waals surface area contributed by atoms with Gasteiger partial charge in [-0.15, -0.1) is 0 Å². The first-order valence-corrected chi connectivity index (χ1v) is 7.97. The zero-order chi connectivity index (χ0) is 18.1. The molecule has 4 rings (SSSR count). The van der Waals surface area contributed by atoms with Crippen molar-refractivity contribution < 1.29 is 9.13 Å². The van der Waals surface area contributed by atoms with Crippen LogP contribution in [0.2, 0.25) is 0 Å². The summed E-state index contributed by atoms with van der Waals surface area (Å²) in [6.45, 7) is 0. The minimum atomic E-state index is -0.295. The third kappa shape index (κ3) is 2.82. The molecule has 0 bridgehead atoms. The lowest BCUT2D eigenvalue weighted by Crippen LogP contribution is -1.98. The third-order valence-corrected chi connectivity index (χ3v) is 4.17. The zero-order valence-corrected chi connectivity index (χ0v) is 14.0. The van der Waals surface area contributed by atoms with E-state index < -0.39 is 0 Å². The van der Waals surface area contributed by atoms with Crippen molar-refractivity contribution in [1.29, 1.82) is 0 Å². The van der Waals surface area contributed by atoms with Crippen molar-refractivity contribution in [3.05, 3.63) is 66.7 Å². The number of halogens is 1. The molecule has 0 unspecified atom stereocenters. The Kier molecular flexibility index (Phi) is 3.93. The minimum absolute atomic E-state index is 0.295. The predicted octanol–water partition coefficient (Wildman–Crippen LogP) is 4.09. The number of methoxy groups -OCH3 is 1. The molecule has 0 saturated heterocycles. The Morgan fingerprint density at radius 3 is 2.31 bits per heavy atom. The van der Waals surface area contributed by atoms with E-state index in [2.05, 4.69) is 15.0 Å². The summed E-state index contributed by atoms with van der Waals surface area (Å²) in [5.41, 5.74) is 9.85. The highest BCUT2D eigenvalue weighted by Crippen LogP contribution is 2.34. The van der Waals surface area contributed by atoms with Crippen LogP contribution in [0.15, 0.2) is 60.9 Å². The summed E-state index contributed by atoms with van der Waals surface area (Å²) in [6, 6.07) is 15.7. The second-order valence-electron chi connectivity index (χ2n) is 5.75. The van der Waals surface area contributed by atoms with Crippen molar-refractivity contribution in [3.63, 3.8) is 0 Å². The molecular formula is C20H15FN4O. The first-order valence-electron chi connectivity index (χ1n) is 7.97. The molecule has 0 saturated carbocycles. The number of fused-ring (bicyclic) bond motifs is 1. The Bertz CT molecular complexity index is 1080. The van der Waals surface area contributed by atoms with Crippen molar-refractivity contribution in [1.82, 2.24) is 15.0 Å². The molecule has 2 aromatic heterocycles. The maximum atomic E-state index is 13.3. The smallest absolute Gasteiger partial charge is 0.165 e. The van der Waals surface area contributed by atoms with E-state index in [-0.39, 0.29) is 5.82 Å². The standard InChI is InChI=1S/C20H15FN4O/c1-26-15-8-4-12(5-9-15)16-10-17(13-2-6-14(21)7-3-13)25-20-18(16)19(22)23-11-24-20/h2-11H,1H3,(H2,22,23,24,25). The quantitative estimate of drug-likeness (QED) is 0.605. The second-order valence-corrected chi connectivity index (χ2v) is 5.75. The van der Waals surface area contributed by atoms with Crippen LogP contribution in [0, 0.1) is 5.82 Å². The van der Waals surface area contributed by atoms with E-state index in [0.29, 0.717) is 22.5 Å². The van der Waals surface area contributed by atoms with E-state index in [9.17, 15) is 4.39 Å². The predicted molar refractivity (Wildman–Crippen MR) is 99.1 cm³/mol. The fourth-order valence-electron chi connectivity index (χ4n) is 2.85. The van der Waals surface area contributed by atoms with Crippen molar-refractivity contribution in [2.75, 3.05) is 12.8 Å². The van der Waals surface area contributed by atoms with Gasteiger partial charge < -0.3 is 10.5 Å². The van der Waals surface area contributed by atoms with E-state index >= 15 is 0 Å². The SMILES string of the molecule is COc1ccc(-c2cc(-c3ccc(F)cc3)nc3ncnc(N)c23)cc1. The molecule has 0 aliphatic rings. The molecule has 0 atom stereocenters. The summed E-state index contributed by atoms with van der Waals surface area (Å²) < 4.78 is 18.5. The second kappa shape index (κ2) is 6.40. The van der Waals surface area contributed by atoms with Gasteiger partial charge in [-0.3, -0.25) is 0 Å². The van der Waals surface area contributed by atoms with Crippen LogP contribution in [0.4, 0.5) is 10.2 Å². The Morgan fingerprint density at radius 1 is 0.923 bits per heavy atom. The minimum Gasteiger partial charge on any atom is -0.497 e. The number of benzene rings is 2. The van der Waals surface area contributed by atoms with Crippen LogP contribution in [0.1, 0.15) is 0 Å². The summed E-state index contributed by atoms with van der Waals surface area (Å²) in [4.78, 5) is 12.9. The molecule has 0 aliphatic carbocycles. The lowest BCUT2D eigenvalue weighted by Gasteiger charge is -2.11. The maximum absolute atomic E-state index is 13.3. The van der Waals surface area contributed by atoms with Gasteiger partial charge >= 0.3 is 0 Å². The van der Waals surface area contributed by atoms with Crippen LogP contribution >= 0.6 is 0 Å². The van der Waals surface area contributed by atoms with Gasteiger partial charge in [0.2, 0.25) is 0 Å². The molecule has 6 heteroatoms. The first kappa shape index (κ1) is 16.0. The van der Waals surface area contributed by atoms with Gasteiger partial charge in [0.05, 0.1) is 18.2 Å². The van der Waals surface area contributed by atoms with Crippen LogP contribution in [0.25, 0.3) is 33.4 Å². The molecule has 2 heterocycles. The van der Waals surface area contributed by atoms with Crippen LogP contribution in [-0.2, 0) is 0 Å². The van der Waals surface area contributed by atoms with Crippen LogP contribution in [0.5, 0.6) is 5.75 Å². The highest BCUT2D eigenvalue weighted by atomic mass is 19.1. The van der Waals surface area contributed by atoms with Gasteiger partial charge in [0, 0.05) is 5.56 Å².